The Morgan fingerprint density at radius 2 is 1.27 bits per heavy atom. The Kier molecular flexibility index (Phi) is 21.8. The Morgan fingerprint density at radius 3 is 1.88 bits per heavy atom. The molecule has 0 saturated heterocycles. The minimum atomic E-state index is -4.70. The van der Waals surface area contributed by atoms with E-state index in [9.17, 15) is 23.9 Å². The van der Waals surface area contributed by atoms with Crippen LogP contribution in [0.4, 0.5) is 0 Å². The van der Waals surface area contributed by atoms with Gasteiger partial charge in [0.15, 0.2) is 0 Å². The van der Waals surface area contributed by atoms with E-state index in [0.717, 1.165) is 63.4 Å². The number of rotatable bonds is 27. The molecule has 0 aromatic heterocycles. The van der Waals surface area contributed by atoms with Crippen molar-refractivity contribution < 1.29 is 33.2 Å². The summed E-state index contributed by atoms with van der Waals surface area (Å²) in [4.78, 5) is 43.7. The molecule has 9 heteroatoms. The number of carbonyl (C=O) groups excluding carboxylic acids is 2. The molecule has 0 radical (unpaired) electrons. The standard InChI is InChI=1S/C39H60NO7P/c1-3-5-7-8-9-10-11-12-13-14-15-16-17-18-20-22-38(41)40-36(32-46-48(43,44)45)31-34-25-29-37(30-26-34)47-39(42)35-27-23-33(24-28-35)21-19-6-4-2/h12-13,23-30,36H,3-11,14-22,31-32H2,1-2H3,(H,40,41)(H2,43,44,45)/b13-12-/t36-/m0/s1. The molecule has 2 aromatic rings. The maximum absolute atomic E-state index is 12.7. The molecule has 0 aliphatic heterocycles. The third-order valence-electron chi connectivity index (χ3n) is 8.35. The molecule has 268 valence electrons. The molecule has 2 rings (SSSR count). The van der Waals surface area contributed by atoms with Crippen LogP contribution in [0.25, 0.3) is 0 Å². The number of carbonyl (C=O) groups is 2. The quantitative estimate of drug-likeness (QED) is 0.0281. The van der Waals surface area contributed by atoms with Gasteiger partial charge in [-0.25, -0.2) is 9.36 Å². The molecule has 0 bridgehead atoms. The van der Waals surface area contributed by atoms with Gasteiger partial charge in [-0.2, -0.15) is 0 Å². The predicted octanol–water partition coefficient (Wildman–Crippen LogP) is 9.81. The van der Waals surface area contributed by atoms with Crippen LogP contribution >= 0.6 is 7.82 Å². The largest absolute Gasteiger partial charge is 0.469 e. The van der Waals surface area contributed by atoms with Gasteiger partial charge in [-0.3, -0.25) is 9.32 Å². The van der Waals surface area contributed by atoms with Gasteiger partial charge in [0.1, 0.15) is 5.75 Å². The lowest BCUT2D eigenvalue weighted by molar-refractivity contribution is -0.122. The molecular formula is C39H60NO7P. The number of aryl methyl sites for hydroxylation is 1. The first-order chi connectivity index (χ1) is 23.2. The second-order valence-corrected chi connectivity index (χ2v) is 14.0. The van der Waals surface area contributed by atoms with E-state index < -0.39 is 19.8 Å². The Morgan fingerprint density at radius 1 is 0.729 bits per heavy atom. The van der Waals surface area contributed by atoms with Gasteiger partial charge in [0, 0.05) is 6.42 Å². The third kappa shape index (κ3) is 20.6. The molecular weight excluding hydrogens is 625 g/mol. The number of allylic oxidation sites excluding steroid dienone is 2. The Hall–Kier alpha value is -2.77. The molecule has 1 atom stereocenters. The third-order valence-corrected chi connectivity index (χ3v) is 8.83. The van der Waals surface area contributed by atoms with Crippen LogP contribution in [0, 0.1) is 0 Å². The summed E-state index contributed by atoms with van der Waals surface area (Å²) in [5, 5.41) is 2.87. The maximum atomic E-state index is 12.7. The molecule has 48 heavy (non-hydrogen) atoms. The number of amides is 1. The Balaban J connectivity index is 1.71. The van der Waals surface area contributed by atoms with Crippen molar-refractivity contribution in [1.82, 2.24) is 5.32 Å². The van der Waals surface area contributed by atoms with Crippen LogP contribution in [0.15, 0.2) is 60.7 Å². The summed E-state index contributed by atoms with van der Waals surface area (Å²) in [5.41, 5.74) is 2.47. The van der Waals surface area contributed by atoms with Crippen molar-refractivity contribution in [3.8, 4) is 5.75 Å². The second-order valence-electron chi connectivity index (χ2n) is 12.8. The van der Waals surface area contributed by atoms with Crippen molar-refractivity contribution in [3.63, 3.8) is 0 Å². The lowest BCUT2D eigenvalue weighted by atomic mass is 10.0. The van der Waals surface area contributed by atoms with E-state index in [1.54, 1.807) is 36.4 Å². The van der Waals surface area contributed by atoms with Crippen LogP contribution < -0.4 is 10.1 Å². The highest BCUT2D eigenvalue weighted by molar-refractivity contribution is 7.46. The fraction of sp³-hybridized carbons (Fsp3) is 0.590. The average Bonchev–Trinajstić information content (AvgIpc) is 3.06. The van der Waals surface area contributed by atoms with Crippen molar-refractivity contribution in [2.75, 3.05) is 6.61 Å². The summed E-state index contributed by atoms with van der Waals surface area (Å²) in [6.07, 6.45) is 25.1. The number of benzene rings is 2. The monoisotopic (exact) mass is 685 g/mol. The molecule has 0 aliphatic rings. The summed E-state index contributed by atoms with van der Waals surface area (Å²) in [6, 6.07) is 13.7. The van der Waals surface area contributed by atoms with Gasteiger partial charge in [-0.05, 0) is 86.8 Å². The van der Waals surface area contributed by atoms with Crippen molar-refractivity contribution in [2.24, 2.45) is 0 Å². The molecule has 0 fully saturated rings. The van der Waals surface area contributed by atoms with Crippen LogP contribution in [-0.2, 0) is 26.7 Å². The highest BCUT2D eigenvalue weighted by Crippen LogP contribution is 2.35. The first-order valence-corrected chi connectivity index (χ1v) is 19.8. The lowest BCUT2D eigenvalue weighted by Gasteiger charge is -2.19. The van der Waals surface area contributed by atoms with Gasteiger partial charge in [0.2, 0.25) is 5.91 Å². The zero-order chi connectivity index (χ0) is 34.9. The fourth-order valence-electron chi connectivity index (χ4n) is 5.53. The number of nitrogens with one attached hydrogen (secondary N) is 1. The summed E-state index contributed by atoms with van der Waals surface area (Å²) < 4.78 is 21.6. The Labute approximate surface area is 289 Å². The molecule has 8 nitrogen and oxygen atoms in total. The van der Waals surface area contributed by atoms with Crippen LogP contribution in [0.5, 0.6) is 5.75 Å². The molecule has 2 aromatic carbocycles. The first-order valence-electron chi connectivity index (χ1n) is 18.2. The zero-order valence-electron chi connectivity index (χ0n) is 29.4. The van der Waals surface area contributed by atoms with E-state index in [4.69, 9.17) is 9.26 Å². The minimum Gasteiger partial charge on any atom is -0.423 e. The van der Waals surface area contributed by atoms with Gasteiger partial charge in [0.25, 0.3) is 0 Å². The summed E-state index contributed by atoms with van der Waals surface area (Å²) in [7, 11) is -4.70. The predicted molar refractivity (Wildman–Crippen MR) is 194 cm³/mol. The van der Waals surface area contributed by atoms with E-state index in [1.165, 1.54) is 56.9 Å². The summed E-state index contributed by atoms with van der Waals surface area (Å²) in [5.74, 6) is -0.237. The molecule has 0 unspecified atom stereocenters. The average molecular weight is 686 g/mol. The number of hydrogen-bond donors (Lipinski definition) is 3. The lowest BCUT2D eigenvalue weighted by Crippen LogP contribution is -2.39. The number of phosphoric ester groups is 1. The van der Waals surface area contributed by atoms with E-state index in [2.05, 4.69) is 31.3 Å². The van der Waals surface area contributed by atoms with Crippen molar-refractivity contribution in [2.45, 2.75) is 142 Å². The van der Waals surface area contributed by atoms with Gasteiger partial charge in [-0.15, -0.1) is 0 Å². The van der Waals surface area contributed by atoms with Gasteiger partial charge < -0.3 is 19.8 Å². The number of unbranched alkanes of at least 4 members (excludes halogenated alkanes) is 13. The number of phosphoric acid groups is 1. The molecule has 0 saturated carbocycles. The normalized spacial score (nSPS) is 12.3. The van der Waals surface area contributed by atoms with Crippen molar-refractivity contribution in [3.05, 3.63) is 77.4 Å². The molecule has 0 spiro atoms. The Bertz CT molecular complexity index is 1220. The van der Waals surface area contributed by atoms with E-state index in [-0.39, 0.29) is 12.5 Å². The highest BCUT2D eigenvalue weighted by Gasteiger charge is 2.20. The van der Waals surface area contributed by atoms with Gasteiger partial charge >= 0.3 is 13.8 Å². The zero-order valence-corrected chi connectivity index (χ0v) is 30.3. The topological polar surface area (TPSA) is 122 Å². The van der Waals surface area contributed by atoms with Crippen LogP contribution in [0.2, 0.25) is 0 Å². The van der Waals surface area contributed by atoms with Gasteiger partial charge in [0.05, 0.1) is 18.2 Å². The smallest absolute Gasteiger partial charge is 0.423 e. The number of esters is 1. The summed E-state index contributed by atoms with van der Waals surface area (Å²) in [6.45, 7) is 4.09. The fourth-order valence-corrected chi connectivity index (χ4v) is 5.90. The van der Waals surface area contributed by atoms with E-state index >= 15 is 0 Å². The molecule has 3 N–H and O–H groups in total. The molecule has 0 aliphatic carbocycles. The SMILES string of the molecule is CCCCCCCC/C=C\CCCCCCCC(=O)N[C@H](COP(=O)(O)O)Cc1ccc(OC(=O)c2ccc(CCCCC)cc2)cc1. The van der Waals surface area contributed by atoms with Crippen molar-refractivity contribution >= 4 is 19.7 Å². The second kappa shape index (κ2) is 25.2. The maximum Gasteiger partial charge on any atom is 0.469 e. The van der Waals surface area contributed by atoms with Crippen molar-refractivity contribution in [1.29, 1.82) is 0 Å². The van der Waals surface area contributed by atoms with Crippen LogP contribution in [-0.4, -0.2) is 34.3 Å². The van der Waals surface area contributed by atoms with Crippen LogP contribution in [0.1, 0.15) is 144 Å². The highest BCUT2D eigenvalue weighted by atomic mass is 31.2. The molecule has 1 amide bonds. The first kappa shape index (κ1) is 41.4. The minimum absolute atomic E-state index is 0.172. The van der Waals surface area contributed by atoms with E-state index in [0.29, 0.717) is 24.2 Å². The summed E-state index contributed by atoms with van der Waals surface area (Å²) >= 11 is 0. The van der Waals surface area contributed by atoms with Gasteiger partial charge in [-0.1, -0.05) is 114 Å². The molecule has 0 heterocycles. The van der Waals surface area contributed by atoms with E-state index in [1.807, 2.05) is 12.1 Å². The number of ether oxygens (including phenoxy) is 1. The number of hydrogen-bond acceptors (Lipinski definition) is 5. The van der Waals surface area contributed by atoms with Crippen LogP contribution in [0.3, 0.4) is 0 Å².